The maximum Gasteiger partial charge on any atom is 0.266 e. The van der Waals surface area contributed by atoms with Gasteiger partial charge in [-0.05, 0) is 12.1 Å². The number of nitrogens with one attached hydrogen (secondary N) is 1. The van der Waals surface area contributed by atoms with Gasteiger partial charge in [0.25, 0.3) is 5.91 Å². The summed E-state index contributed by atoms with van der Waals surface area (Å²) >= 11 is 0. The molecular formula is C9H9FN2O2. The molecule has 1 atom stereocenters. The van der Waals surface area contributed by atoms with Crippen molar-refractivity contribution in [1.82, 2.24) is 0 Å². The van der Waals surface area contributed by atoms with E-state index in [1.54, 1.807) is 6.07 Å². The molecule has 0 aliphatic carbocycles. The molecule has 0 radical (unpaired) electrons. The fourth-order valence-electron chi connectivity index (χ4n) is 1.29. The lowest BCUT2D eigenvalue weighted by Crippen LogP contribution is -2.42. The number of hydrogen-bond donors (Lipinski definition) is 2. The van der Waals surface area contributed by atoms with Gasteiger partial charge in [-0.1, -0.05) is 6.07 Å². The number of fused-ring (bicyclic) bond motifs is 1. The second-order valence-electron chi connectivity index (χ2n) is 2.95. The minimum atomic E-state index is -0.806. The third kappa shape index (κ3) is 1.31. The van der Waals surface area contributed by atoms with Crippen molar-refractivity contribution < 1.29 is 13.9 Å². The third-order valence-electron chi connectivity index (χ3n) is 1.99. The minimum absolute atomic E-state index is 0.0274. The molecule has 1 aromatic carbocycles. The van der Waals surface area contributed by atoms with E-state index in [0.717, 1.165) is 0 Å². The number of amides is 1. The van der Waals surface area contributed by atoms with Gasteiger partial charge in [0.05, 0.1) is 5.69 Å². The van der Waals surface area contributed by atoms with E-state index in [2.05, 4.69) is 5.32 Å². The van der Waals surface area contributed by atoms with Gasteiger partial charge < -0.3 is 15.8 Å². The van der Waals surface area contributed by atoms with Gasteiger partial charge in [0.15, 0.2) is 17.7 Å². The molecule has 1 aliphatic rings. The van der Waals surface area contributed by atoms with Crippen LogP contribution < -0.4 is 15.8 Å². The Morgan fingerprint density at radius 2 is 2.36 bits per heavy atom. The molecule has 14 heavy (non-hydrogen) atoms. The molecular weight excluding hydrogens is 187 g/mol. The van der Waals surface area contributed by atoms with Gasteiger partial charge in [-0.2, -0.15) is 0 Å². The molecule has 0 spiro atoms. The monoisotopic (exact) mass is 196 g/mol. The Balaban J connectivity index is 2.40. The predicted octanol–water partition coefficient (Wildman–Crippen LogP) is 0.484. The number of benzene rings is 1. The fourth-order valence-corrected chi connectivity index (χ4v) is 1.29. The van der Waals surface area contributed by atoms with Crippen LogP contribution in [0.3, 0.4) is 0 Å². The SMILES string of the molecule is NCC1Oc2c(F)cccc2NC1=O. The van der Waals surface area contributed by atoms with Crippen LogP contribution in [0.15, 0.2) is 18.2 Å². The summed E-state index contributed by atoms with van der Waals surface area (Å²) < 4.78 is 18.3. The van der Waals surface area contributed by atoms with Gasteiger partial charge in [0, 0.05) is 6.54 Å². The zero-order chi connectivity index (χ0) is 10.1. The summed E-state index contributed by atoms with van der Waals surface area (Å²) in [5.74, 6) is -0.783. The van der Waals surface area contributed by atoms with E-state index in [1.165, 1.54) is 12.1 Å². The molecule has 1 aromatic rings. The minimum Gasteiger partial charge on any atom is -0.474 e. The molecule has 1 amide bonds. The highest BCUT2D eigenvalue weighted by Crippen LogP contribution is 2.31. The third-order valence-corrected chi connectivity index (χ3v) is 1.99. The van der Waals surface area contributed by atoms with Gasteiger partial charge >= 0.3 is 0 Å². The summed E-state index contributed by atoms with van der Waals surface area (Å²) in [6.07, 6.45) is -0.806. The topological polar surface area (TPSA) is 64.3 Å². The lowest BCUT2D eigenvalue weighted by molar-refractivity contribution is -0.123. The normalized spacial score (nSPS) is 19.6. The fraction of sp³-hybridized carbons (Fsp3) is 0.222. The van der Waals surface area contributed by atoms with Crippen molar-refractivity contribution in [1.29, 1.82) is 0 Å². The first-order valence-corrected chi connectivity index (χ1v) is 4.18. The molecule has 0 aromatic heterocycles. The van der Waals surface area contributed by atoms with Crippen LogP contribution in [-0.2, 0) is 4.79 Å². The zero-order valence-corrected chi connectivity index (χ0v) is 7.29. The van der Waals surface area contributed by atoms with Crippen molar-refractivity contribution in [2.24, 2.45) is 5.73 Å². The number of carbonyl (C=O) groups excluding carboxylic acids is 1. The number of ether oxygens (including phenoxy) is 1. The maximum absolute atomic E-state index is 13.2. The Hall–Kier alpha value is -1.62. The van der Waals surface area contributed by atoms with Crippen LogP contribution in [0, 0.1) is 5.82 Å². The van der Waals surface area contributed by atoms with Gasteiger partial charge in [0.1, 0.15) is 0 Å². The molecule has 74 valence electrons. The van der Waals surface area contributed by atoms with Crippen molar-refractivity contribution in [3.05, 3.63) is 24.0 Å². The van der Waals surface area contributed by atoms with E-state index in [0.29, 0.717) is 5.69 Å². The smallest absolute Gasteiger partial charge is 0.266 e. The van der Waals surface area contributed by atoms with Crippen LogP contribution in [0.4, 0.5) is 10.1 Å². The van der Waals surface area contributed by atoms with Gasteiger partial charge in [0.2, 0.25) is 0 Å². The van der Waals surface area contributed by atoms with Crippen molar-refractivity contribution in [2.45, 2.75) is 6.10 Å². The van der Waals surface area contributed by atoms with Crippen LogP contribution in [0.2, 0.25) is 0 Å². The molecule has 1 unspecified atom stereocenters. The van der Waals surface area contributed by atoms with E-state index in [1.807, 2.05) is 0 Å². The number of hydrogen-bond acceptors (Lipinski definition) is 3. The number of rotatable bonds is 1. The summed E-state index contributed by atoms with van der Waals surface area (Å²) in [6.45, 7) is 0.0274. The molecule has 0 bridgehead atoms. The van der Waals surface area contributed by atoms with E-state index < -0.39 is 11.9 Å². The Kier molecular flexibility index (Phi) is 2.09. The average Bonchev–Trinajstić information content (AvgIpc) is 2.17. The molecule has 5 heteroatoms. The molecule has 0 fully saturated rings. The van der Waals surface area contributed by atoms with E-state index >= 15 is 0 Å². The lowest BCUT2D eigenvalue weighted by atomic mass is 10.2. The van der Waals surface area contributed by atoms with Crippen molar-refractivity contribution in [3.63, 3.8) is 0 Å². The largest absolute Gasteiger partial charge is 0.474 e. The maximum atomic E-state index is 13.2. The van der Waals surface area contributed by atoms with E-state index in [9.17, 15) is 9.18 Å². The Morgan fingerprint density at radius 1 is 1.57 bits per heavy atom. The second kappa shape index (κ2) is 3.26. The number of carbonyl (C=O) groups is 1. The molecule has 4 nitrogen and oxygen atoms in total. The Bertz CT molecular complexity index is 381. The highest BCUT2D eigenvalue weighted by molar-refractivity contribution is 5.97. The second-order valence-corrected chi connectivity index (χ2v) is 2.95. The highest BCUT2D eigenvalue weighted by atomic mass is 19.1. The molecule has 0 saturated carbocycles. The van der Waals surface area contributed by atoms with Crippen LogP contribution in [0.1, 0.15) is 0 Å². The summed E-state index contributed by atoms with van der Waals surface area (Å²) in [5, 5.41) is 2.52. The number of anilines is 1. The number of nitrogens with two attached hydrogens (primary N) is 1. The summed E-state index contributed by atoms with van der Waals surface area (Å²) in [4.78, 5) is 11.3. The van der Waals surface area contributed by atoms with Crippen molar-refractivity contribution in [2.75, 3.05) is 11.9 Å². The van der Waals surface area contributed by atoms with Crippen LogP contribution in [0.5, 0.6) is 5.75 Å². The predicted molar refractivity (Wildman–Crippen MR) is 48.5 cm³/mol. The molecule has 3 N–H and O–H groups in total. The van der Waals surface area contributed by atoms with Crippen LogP contribution in [0.25, 0.3) is 0 Å². The van der Waals surface area contributed by atoms with Crippen molar-refractivity contribution in [3.8, 4) is 5.75 Å². The first-order chi connectivity index (χ1) is 6.72. The van der Waals surface area contributed by atoms with Crippen LogP contribution in [-0.4, -0.2) is 18.6 Å². The zero-order valence-electron chi connectivity index (χ0n) is 7.29. The Labute approximate surface area is 79.9 Å². The lowest BCUT2D eigenvalue weighted by Gasteiger charge is -2.24. The average molecular weight is 196 g/mol. The van der Waals surface area contributed by atoms with E-state index in [-0.39, 0.29) is 18.2 Å². The molecule has 2 rings (SSSR count). The molecule has 1 aliphatic heterocycles. The van der Waals surface area contributed by atoms with Gasteiger partial charge in [-0.3, -0.25) is 4.79 Å². The summed E-state index contributed by atoms with van der Waals surface area (Å²) in [7, 11) is 0. The standard InChI is InChI=1S/C9H9FN2O2/c10-5-2-1-3-6-8(5)14-7(4-11)9(13)12-6/h1-3,7H,4,11H2,(H,12,13). The molecule has 1 heterocycles. The quantitative estimate of drug-likeness (QED) is 0.686. The highest BCUT2D eigenvalue weighted by Gasteiger charge is 2.27. The molecule has 0 saturated heterocycles. The number of halogens is 1. The van der Waals surface area contributed by atoms with Gasteiger partial charge in [-0.25, -0.2) is 4.39 Å². The van der Waals surface area contributed by atoms with Crippen LogP contribution >= 0.6 is 0 Å². The Morgan fingerprint density at radius 3 is 3.07 bits per heavy atom. The van der Waals surface area contributed by atoms with E-state index in [4.69, 9.17) is 10.5 Å². The first-order valence-electron chi connectivity index (χ1n) is 4.18. The first kappa shape index (κ1) is 8.96. The summed E-state index contributed by atoms with van der Waals surface area (Å²) in [5.41, 5.74) is 5.64. The number of para-hydroxylation sites is 1. The van der Waals surface area contributed by atoms with Crippen molar-refractivity contribution >= 4 is 11.6 Å². The summed E-state index contributed by atoms with van der Waals surface area (Å²) in [6, 6.07) is 4.34. The van der Waals surface area contributed by atoms with Gasteiger partial charge in [-0.15, -0.1) is 0 Å².